The molecule has 2 aromatic heterocycles. The molecule has 6 heteroatoms. The van der Waals surface area contributed by atoms with E-state index in [0.29, 0.717) is 23.3 Å². The van der Waals surface area contributed by atoms with Gasteiger partial charge in [-0.25, -0.2) is 0 Å². The van der Waals surface area contributed by atoms with Gasteiger partial charge in [0.25, 0.3) is 5.69 Å². The molecule has 0 unspecified atom stereocenters. The maximum Gasteiger partial charge on any atom is 0.400 e. The van der Waals surface area contributed by atoms with E-state index in [1.54, 1.807) is 0 Å². The standard InChI is InChI=1S/C18H21N3O3/c1-11(2)8-16-17(22)20-15(18(24-3)21(16)23)10-13-9-12-6-4-5-7-14(12)19-13/h4-7,9,11,19H,8,10H2,1-3H3,(H,20,22). The van der Waals surface area contributed by atoms with Crippen LogP contribution in [0.5, 0.6) is 5.88 Å². The fourth-order valence-corrected chi connectivity index (χ4v) is 2.91. The predicted molar refractivity (Wildman–Crippen MR) is 92.2 cm³/mol. The summed E-state index contributed by atoms with van der Waals surface area (Å²) in [5.74, 6) is 0.347. The molecule has 0 aliphatic heterocycles. The molecule has 3 aromatic rings. The van der Waals surface area contributed by atoms with E-state index in [1.165, 1.54) is 7.11 Å². The summed E-state index contributed by atoms with van der Waals surface area (Å²) in [4.78, 5) is 18.4. The summed E-state index contributed by atoms with van der Waals surface area (Å²) in [5, 5.41) is 13.6. The Morgan fingerprint density at radius 3 is 2.67 bits per heavy atom. The van der Waals surface area contributed by atoms with Gasteiger partial charge in [0.15, 0.2) is 0 Å². The molecule has 0 atom stereocenters. The lowest BCUT2D eigenvalue weighted by molar-refractivity contribution is -0.622. The Hall–Kier alpha value is -2.76. The van der Waals surface area contributed by atoms with E-state index in [4.69, 9.17) is 4.74 Å². The Balaban J connectivity index is 2.02. The summed E-state index contributed by atoms with van der Waals surface area (Å²) in [6, 6.07) is 9.92. The van der Waals surface area contributed by atoms with Crippen molar-refractivity contribution in [2.45, 2.75) is 26.7 Å². The smallest absolute Gasteiger partial charge is 0.400 e. The molecule has 0 aliphatic rings. The zero-order valence-electron chi connectivity index (χ0n) is 14.1. The lowest BCUT2D eigenvalue weighted by Crippen LogP contribution is -2.43. The van der Waals surface area contributed by atoms with Gasteiger partial charge in [-0.3, -0.25) is 4.79 Å². The van der Waals surface area contributed by atoms with Crippen molar-refractivity contribution >= 4 is 10.9 Å². The molecule has 126 valence electrons. The van der Waals surface area contributed by atoms with E-state index >= 15 is 0 Å². The van der Waals surface area contributed by atoms with Crippen LogP contribution in [0.4, 0.5) is 0 Å². The van der Waals surface area contributed by atoms with Gasteiger partial charge >= 0.3 is 11.4 Å². The van der Waals surface area contributed by atoms with Crippen LogP contribution in [0.2, 0.25) is 0 Å². The summed E-state index contributed by atoms with van der Waals surface area (Å²) in [6.07, 6.45) is 0.791. The number of nitrogens with one attached hydrogen (secondary N) is 2. The normalized spacial score (nSPS) is 11.3. The monoisotopic (exact) mass is 327 g/mol. The first-order chi connectivity index (χ1) is 11.5. The molecule has 2 N–H and O–H groups in total. The topological polar surface area (TPSA) is 84.8 Å². The maximum atomic E-state index is 12.5. The molecule has 3 rings (SSSR count). The molecule has 0 bridgehead atoms. The van der Waals surface area contributed by atoms with Crippen LogP contribution in [0.25, 0.3) is 10.9 Å². The third-order valence-electron chi connectivity index (χ3n) is 3.96. The van der Waals surface area contributed by atoms with Gasteiger partial charge in [0.05, 0.1) is 7.11 Å². The fourth-order valence-electron chi connectivity index (χ4n) is 2.91. The molecule has 0 spiro atoms. The molecule has 0 radical (unpaired) electrons. The quantitative estimate of drug-likeness (QED) is 0.557. The predicted octanol–water partition coefficient (Wildman–Crippen LogP) is 2.29. The average molecular weight is 327 g/mol. The molecule has 0 aliphatic carbocycles. The molecule has 0 fully saturated rings. The van der Waals surface area contributed by atoms with Crippen molar-refractivity contribution < 1.29 is 9.47 Å². The zero-order chi connectivity index (χ0) is 17.3. The highest BCUT2D eigenvalue weighted by Crippen LogP contribution is 2.19. The molecule has 0 amide bonds. The van der Waals surface area contributed by atoms with Gasteiger partial charge in [0, 0.05) is 24.1 Å². The van der Waals surface area contributed by atoms with Gasteiger partial charge in [-0.05, 0) is 23.4 Å². The number of methoxy groups -OCH3 is 1. The third-order valence-corrected chi connectivity index (χ3v) is 3.96. The first kappa shape index (κ1) is 16.1. The lowest BCUT2D eigenvalue weighted by atomic mass is 10.1. The van der Waals surface area contributed by atoms with E-state index in [-0.39, 0.29) is 23.1 Å². The van der Waals surface area contributed by atoms with Crippen LogP contribution in [0.1, 0.15) is 30.9 Å². The van der Waals surface area contributed by atoms with Crippen molar-refractivity contribution in [3.8, 4) is 5.88 Å². The number of H-pyrrole nitrogens is 2. The van der Waals surface area contributed by atoms with Crippen LogP contribution in [-0.4, -0.2) is 17.1 Å². The molecule has 2 heterocycles. The number of nitrogens with zero attached hydrogens (tertiary/aromatic N) is 1. The van der Waals surface area contributed by atoms with Crippen LogP contribution < -0.4 is 15.0 Å². The minimum atomic E-state index is -0.356. The van der Waals surface area contributed by atoms with E-state index in [2.05, 4.69) is 9.97 Å². The zero-order valence-corrected chi connectivity index (χ0v) is 14.1. The summed E-state index contributed by atoms with van der Waals surface area (Å²) < 4.78 is 5.89. The number of hydrogen-bond donors (Lipinski definition) is 2. The highest BCUT2D eigenvalue weighted by atomic mass is 16.5. The number of aromatic amines is 2. The number of fused-ring (bicyclic) bond motifs is 1. The molecular weight excluding hydrogens is 306 g/mol. The van der Waals surface area contributed by atoms with Crippen LogP contribution >= 0.6 is 0 Å². The lowest BCUT2D eigenvalue weighted by Gasteiger charge is -2.12. The van der Waals surface area contributed by atoms with Crippen molar-refractivity contribution in [1.82, 2.24) is 9.97 Å². The molecular formula is C18H21N3O3. The Labute approximate surface area is 139 Å². The average Bonchev–Trinajstić information content (AvgIpc) is 2.93. The Bertz CT molecular complexity index is 892. The largest absolute Gasteiger partial charge is 0.616 e. The Morgan fingerprint density at radius 2 is 2.00 bits per heavy atom. The molecule has 1 aromatic carbocycles. The number of benzene rings is 1. The number of rotatable bonds is 5. The van der Waals surface area contributed by atoms with Crippen molar-refractivity contribution in [2.24, 2.45) is 5.92 Å². The Morgan fingerprint density at radius 1 is 1.25 bits per heavy atom. The Kier molecular flexibility index (Phi) is 4.29. The van der Waals surface area contributed by atoms with Gasteiger partial charge in [0.2, 0.25) is 0 Å². The summed E-state index contributed by atoms with van der Waals surface area (Å²) in [6.45, 7) is 3.93. The number of ether oxygens (including phenoxy) is 1. The molecule has 24 heavy (non-hydrogen) atoms. The van der Waals surface area contributed by atoms with E-state index in [0.717, 1.165) is 16.6 Å². The second-order valence-corrected chi connectivity index (χ2v) is 6.34. The van der Waals surface area contributed by atoms with E-state index in [1.807, 2.05) is 44.2 Å². The number of para-hydroxylation sites is 1. The fraction of sp³-hybridized carbons (Fsp3) is 0.333. The first-order valence-corrected chi connectivity index (χ1v) is 7.97. The molecule has 6 nitrogen and oxygen atoms in total. The van der Waals surface area contributed by atoms with Crippen LogP contribution in [0, 0.1) is 11.1 Å². The minimum absolute atomic E-state index is 0.143. The molecule has 0 saturated heterocycles. The van der Waals surface area contributed by atoms with Crippen molar-refractivity contribution in [2.75, 3.05) is 7.11 Å². The molecule has 0 saturated carbocycles. The summed E-state index contributed by atoms with van der Waals surface area (Å²) in [5.41, 5.74) is 2.21. The minimum Gasteiger partial charge on any atom is -0.616 e. The number of aromatic nitrogens is 3. The van der Waals surface area contributed by atoms with Crippen LogP contribution in [-0.2, 0) is 12.8 Å². The summed E-state index contributed by atoms with van der Waals surface area (Å²) >= 11 is 0. The van der Waals surface area contributed by atoms with Crippen LogP contribution in [0.3, 0.4) is 0 Å². The number of hydrogen-bond acceptors (Lipinski definition) is 3. The van der Waals surface area contributed by atoms with E-state index in [9.17, 15) is 10.0 Å². The van der Waals surface area contributed by atoms with Crippen LogP contribution in [0.15, 0.2) is 35.1 Å². The van der Waals surface area contributed by atoms with Gasteiger partial charge < -0.3 is 19.9 Å². The maximum absolute atomic E-state index is 12.5. The van der Waals surface area contributed by atoms with Crippen molar-refractivity contribution in [3.63, 3.8) is 0 Å². The van der Waals surface area contributed by atoms with Crippen molar-refractivity contribution in [1.29, 1.82) is 0 Å². The highest BCUT2D eigenvalue weighted by Gasteiger charge is 2.23. The highest BCUT2D eigenvalue weighted by molar-refractivity contribution is 5.80. The van der Waals surface area contributed by atoms with Gasteiger partial charge in [0.1, 0.15) is 5.69 Å². The van der Waals surface area contributed by atoms with E-state index < -0.39 is 0 Å². The first-order valence-electron chi connectivity index (χ1n) is 7.97. The van der Waals surface area contributed by atoms with Crippen molar-refractivity contribution in [3.05, 3.63) is 63.0 Å². The SMILES string of the molecule is COc1c(Cc2cc3ccccc3[nH]2)[nH]c(=O)c(CC(C)C)[n+]1[O-]. The van der Waals surface area contributed by atoms with Gasteiger partial charge in [-0.15, -0.1) is 4.73 Å². The van der Waals surface area contributed by atoms with Gasteiger partial charge in [-0.2, -0.15) is 0 Å². The third kappa shape index (κ3) is 2.99. The van der Waals surface area contributed by atoms with Gasteiger partial charge in [-0.1, -0.05) is 32.0 Å². The second kappa shape index (κ2) is 6.39. The summed E-state index contributed by atoms with van der Waals surface area (Å²) in [7, 11) is 1.44. The second-order valence-electron chi connectivity index (χ2n) is 6.34.